The summed E-state index contributed by atoms with van der Waals surface area (Å²) in [5, 5.41) is 8.78. The van der Waals surface area contributed by atoms with Crippen LogP contribution in [0.2, 0.25) is 0 Å². The van der Waals surface area contributed by atoms with Gasteiger partial charge >= 0.3 is 0 Å². The molecule has 0 radical (unpaired) electrons. The van der Waals surface area contributed by atoms with Crippen molar-refractivity contribution in [3.8, 4) is 11.7 Å². The third-order valence-electron chi connectivity index (χ3n) is 2.62. The van der Waals surface area contributed by atoms with E-state index in [0.717, 1.165) is 16.5 Å². The minimum Gasteiger partial charge on any atom is -0.451 e. The van der Waals surface area contributed by atoms with Crippen LogP contribution in [0.4, 0.5) is 0 Å². The lowest BCUT2D eigenvalue weighted by Gasteiger charge is -1.89. The lowest BCUT2D eigenvalue weighted by atomic mass is 10.1. The molecule has 3 rings (SSSR count). The van der Waals surface area contributed by atoms with Crippen LogP contribution in [0.25, 0.3) is 22.6 Å². The first-order chi connectivity index (χ1) is 8.29. The van der Waals surface area contributed by atoms with Crippen molar-refractivity contribution in [2.75, 3.05) is 0 Å². The van der Waals surface area contributed by atoms with E-state index in [-0.39, 0.29) is 5.88 Å². The number of aromatic nitrogens is 2. The molecule has 0 saturated carbocycles. The summed E-state index contributed by atoms with van der Waals surface area (Å²) in [6.07, 6.45) is 0. The van der Waals surface area contributed by atoms with Crippen LogP contribution in [-0.4, -0.2) is 10.2 Å². The Balaban J connectivity index is 2.20. The fraction of sp³-hybridized carbons (Fsp3) is 0.167. The van der Waals surface area contributed by atoms with Gasteiger partial charge in [-0.3, -0.25) is 0 Å². The molecule has 5 heteroatoms. The van der Waals surface area contributed by atoms with Crippen LogP contribution in [0.5, 0.6) is 0 Å². The van der Waals surface area contributed by atoms with Crippen LogP contribution in [-0.2, 0) is 5.88 Å². The molecule has 17 heavy (non-hydrogen) atoms. The van der Waals surface area contributed by atoms with Gasteiger partial charge in [-0.2, -0.15) is 0 Å². The number of nitrogens with zero attached hydrogens (tertiary/aromatic N) is 2. The highest BCUT2D eigenvalue weighted by atomic mass is 35.5. The molecule has 0 saturated heterocycles. The lowest BCUT2D eigenvalue weighted by Crippen LogP contribution is -1.77. The number of aryl methyl sites for hydroxylation is 1. The molecule has 0 spiro atoms. The Labute approximate surface area is 102 Å². The van der Waals surface area contributed by atoms with Crippen LogP contribution in [0.1, 0.15) is 11.5 Å². The van der Waals surface area contributed by atoms with E-state index in [4.69, 9.17) is 20.4 Å². The van der Waals surface area contributed by atoms with Gasteiger partial charge in [0.1, 0.15) is 11.5 Å². The molecular weight excluding hydrogens is 240 g/mol. The van der Waals surface area contributed by atoms with Crippen LogP contribution < -0.4 is 0 Å². The number of hydrogen-bond acceptors (Lipinski definition) is 4. The summed E-state index contributed by atoms with van der Waals surface area (Å²) in [6.45, 7) is 1.96. The molecule has 0 atom stereocenters. The molecule has 86 valence electrons. The van der Waals surface area contributed by atoms with Gasteiger partial charge in [0, 0.05) is 10.9 Å². The second-order valence-electron chi connectivity index (χ2n) is 3.69. The maximum Gasteiger partial charge on any atom is 0.284 e. The van der Waals surface area contributed by atoms with Crippen molar-refractivity contribution in [2.24, 2.45) is 0 Å². The summed E-state index contributed by atoms with van der Waals surface area (Å²) in [7, 11) is 0. The van der Waals surface area contributed by atoms with Gasteiger partial charge in [0.2, 0.25) is 5.89 Å². The minimum atomic E-state index is 0.201. The SMILES string of the molecule is Cc1c(-c2nnc(CCl)o2)oc2ccccc12. The first-order valence-corrected chi connectivity index (χ1v) is 5.70. The number of hydrogen-bond donors (Lipinski definition) is 0. The zero-order chi connectivity index (χ0) is 11.8. The van der Waals surface area contributed by atoms with E-state index in [1.807, 2.05) is 31.2 Å². The number of fused-ring (bicyclic) bond motifs is 1. The topological polar surface area (TPSA) is 52.1 Å². The quantitative estimate of drug-likeness (QED) is 0.651. The van der Waals surface area contributed by atoms with Gasteiger partial charge in [0.05, 0.1) is 0 Å². The smallest absolute Gasteiger partial charge is 0.284 e. The number of halogens is 1. The Kier molecular flexibility index (Phi) is 2.37. The van der Waals surface area contributed by atoms with Crippen LogP contribution >= 0.6 is 11.6 Å². The fourth-order valence-corrected chi connectivity index (χ4v) is 1.89. The highest BCUT2D eigenvalue weighted by Crippen LogP contribution is 2.31. The van der Waals surface area contributed by atoms with E-state index in [2.05, 4.69) is 10.2 Å². The van der Waals surface area contributed by atoms with Gasteiger partial charge in [0.15, 0.2) is 5.76 Å². The largest absolute Gasteiger partial charge is 0.451 e. The molecule has 0 aliphatic carbocycles. The van der Waals surface area contributed by atoms with Crippen molar-refractivity contribution in [3.05, 3.63) is 35.7 Å². The van der Waals surface area contributed by atoms with Gasteiger partial charge in [-0.05, 0) is 13.0 Å². The standard InChI is InChI=1S/C12H9ClN2O2/c1-7-8-4-2-3-5-9(8)16-11(7)12-15-14-10(6-13)17-12/h2-5H,6H2,1H3. The Bertz CT molecular complexity index is 672. The number of furan rings is 1. The monoisotopic (exact) mass is 248 g/mol. The first-order valence-electron chi connectivity index (χ1n) is 5.16. The van der Waals surface area contributed by atoms with E-state index >= 15 is 0 Å². The van der Waals surface area contributed by atoms with E-state index in [1.54, 1.807) is 0 Å². The molecule has 0 unspecified atom stereocenters. The third-order valence-corrected chi connectivity index (χ3v) is 2.85. The second-order valence-corrected chi connectivity index (χ2v) is 3.95. The maximum absolute atomic E-state index is 5.70. The van der Waals surface area contributed by atoms with Crippen LogP contribution in [0, 0.1) is 6.92 Å². The normalized spacial score (nSPS) is 11.2. The highest BCUT2D eigenvalue weighted by Gasteiger charge is 2.17. The van der Waals surface area contributed by atoms with Crippen molar-refractivity contribution in [2.45, 2.75) is 12.8 Å². The number of benzene rings is 1. The molecule has 0 fully saturated rings. The van der Waals surface area contributed by atoms with Gasteiger partial charge in [-0.25, -0.2) is 0 Å². The predicted octanol–water partition coefficient (Wildman–Crippen LogP) is 3.53. The third kappa shape index (κ3) is 1.61. The molecule has 0 amide bonds. The molecule has 2 heterocycles. The molecule has 1 aromatic carbocycles. The first kappa shape index (κ1) is 10.4. The summed E-state index contributed by atoms with van der Waals surface area (Å²) in [4.78, 5) is 0. The average molecular weight is 249 g/mol. The lowest BCUT2D eigenvalue weighted by molar-refractivity contribution is 0.502. The maximum atomic E-state index is 5.70. The van der Waals surface area contributed by atoms with Crippen molar-refractivity contribution in [3.63, 3.8) is 0 Å². The summed E-state index contributed by atoms with van der Waals surface area (Å²) in [5.74, 6) is 1.57. The Morgan fingerprint density at radius 2 is 2.00 bits per heavy atom. The Morgan fingerprint density at radius 1 is 1.18 bits per heavy atom. The Hall–Kier alpha value is -1.81. The second kappa shape index (κ2) is 3.89. The predicted molar refractivity (Wildman–Crippen MR) is 63.8 cm³/mol. The average Bonchev–Trinajstić information content (AvgIpc) is 2.95. The summed E-state index contributed by atoms with van der Waals surface area (Å²) in [5.41, 5.74) is 1.80. The van der Waals surface area contributed by atoms with Crippen molar-refractivity contribution in [1.29, 1.82) is 0 Å². The van der Waals surface area contributed by atoms with Crippen LogP contribution in [0.15, 0.2) is 33.1 Å². The zero-order valence-corrected chi connectivity index (χ0v) is 9.86. The molecular formula is C12H9ClN2O2. The highest BCUT2D eigenvalue weighted by molar-refractivity contribution is 6.16. The number of alkyl halides is 1. The number of rotatable bonds is 2. The fourth-order valence-electron chi connectivity index (χ4n) is 1.78. The molecule has 0 bridgehead atoms. The van der Waals surface area contributed by atoms with Crippen molar-refractivity contribution >= 4 is 22.6 Å². The Morgan fingerprint density at radius 3 is 2.71 bits per heavy atom. The minimum absolute atomic E-state index is 0.201. The summed E-state index contributed by atoms with van der Waals surface area (Å²) in [6, 6.07) is 7.79. The molecule has 4 nitrogen and oxygen atoms in total. The molecule has 3 aromatic rings. The number of para-hydroxylation sites is 1. The van der Waals surface area contributed by atoms with E-state index in [0.29, 0.717) is 17.5 Å². The van der Waals surface area contributed by atoms with Gasteiger partial charge < -0.3 is 8.83 Å². The molecule has 0 N–H and O–H groups in total. The summed E-state index contributed by atoms with van der Waals surface area (Å²) < 4.78 is 11.1. The molecule has 0 aliphatic heterocycles. The van der Waals surface area contributed by atoms with Gasteiger partial charge in [-0.15, -0.1) is 21.8 Å². The zero-order valence-electron chi connectivity index (χ0n) is 9.11. The van der Waals surface area contributed by atoms with Crippen molar-refractivity contribution in [1.82, 2.24) is 10.2 Å². The van der Waals surface area contributed by atoms with Gasteiger partial charge in [0.25, 0.3) is 5.89 Å². The van der Waals surface area contributed by atoms with E-state index in [1.165, 1.54) is 0 Å². The van der Waals surface area contributed by atoms with E-state index < -0.39 is 0 Å². The van der Waals surface area contributed by atoms with Gasteiger partial charge in [-0.1, -0.05) is 18.2 Å². The van der Waals surface area contributed by atoms with E-state index in [9.17, 15) is 0 Å². The van der Waals surface area contributed by atoms with Crippen molar-refractivity contribution < 1.29 is 8.83 Å². The van der Waals surface area contributed by atoms with Crippen LogP contribution in [0.3, 0.4) is 0 Å². The molecule has 0 aliphatic rings. The molecule has 2 aromatic heterocycles. The summed E-state index contributed by atoms with van der Waals surface area (Å²) >= 11 is 5.62.